The molecule has 0 aromatic carbocycles. The zero-order valence-electron chi connectivity index (χ0n) is 11.6. The zero-order valence-corrected chi connectivity index (χ0v) is 12.6. The van der Waals surface area contributed by atoms with Crippen molar-refractivity contribution in [3.05, 3.63) is 24.3 Å². The van der Waals surface area contributed by atoms with Crippen molar-refractivity contribution in [3.8, 4) is 0 Å². The first-order valence-corrected chi connectivity index (χ1v) is 9.90. The number of rotatable bonds is 3. The SMILES string of the molecule is C1=CC([PH+](C2CCCCC2)C2CCCCC2)C=C1. The molecule has 0 unspecified atom stereocenters. The molecule has 3 aliphatic carbocycles. The van der Waals surface area contributed by atoms with Gasteiger partial charge in [0, 0.05) is 7.92 Å². The van der Waals surface area contributed by atoms with E-state index in [2.05, 4.69) is 24.3 Å². The molecule has 3 aliphatic rings. The van der Waals surface area contributed by atoms with E-state index in [1.165, 1.54) is 38.5 Å². The molecule has 0 aliphatic heterocycles. The molecule has 0 aromatic heterocycles. The van der Waals surface area contributed by atoms with E-state index in [0.29, 0.717) is 0 Å². The van der Waals surface area contributed by atoms with Crippen LogP contribution in [0.1, 0.15) is 64.2 Å². The second kappa shape index (κ2) is 6.38. The second-order valence-electron chi connectivity index (χ2n) is 6.47. The Kier molecular flexibility index (Phi) is 4.58. The maximum absolute atomic E-state index is 2.53. The van der Waals surface area contributed by atoms with Crippen molar-refractivity contribution >= 4 is 7.92 Å². The quantitative estimate of drug-likeness (QED) is 0.601. The highest BCUT2D eigenvalue weighted by Crippen LogP contribution is 2.60. The zero-order chi connectivity index (χ0) is 12.2. The van der Waals surface area contributed by atoms with Crippen LogP contribution < -0.4 is 0 Å². The molecule has 0 bridgehead atoms. The summed E-state index contributed by atoms with van der Waals surface area (Å²) < 4.78 is 0. The highest BCUT2D eigenvalue weighted by atomic mass is 31.1. The fraction of sp³-hybridized carbons (Fsp3) is 0.765. The summed E-state index contributed by atoms with van der Waals surface area (Å²) in [4.78, 5) is 0. The van der Waals surface area contributed by atoms with Crippen LogP contribution in [0, 0.1) is 0 Å². The average Bonchev–Trinajstić information content (AvgIpc) is 2.95. The van der Waals surface area contributed by atoms with E-state index in [1.54, 1.807) is 25.7 Å². The van der Waals surface area contributed by atoms with E-state index in [0.717, 1.165) is 17.0 Å². The molecule has 100 valence electrons. The van der Waals surface area contributed by atoms with Gasteiger partial charge in [0.15, 0.2) is 0 Å². The molecule has 2 saturated carbocycles. The minimum Gasteiger partial charge on any atom is -0.0622 e. The molecule has 2 fully saturated rings. The third-order valence-electron chi connectivity index (χ3n) is 5.29. The summed E-state index contributed by atoms with van der Waals surface area (Å²) in [6.45, 7) is 0. The van der Waals surface area contributed by atoms with Crippen LogP contribution in [0.15, 0.2) is 24.3 Å². The van der Waals surface area contributed by atoms with Gasteiger partial charge >= 0.3 is 0 Å². The Bertz CT molecular complexity index is 276. The minimum atomic E-state index is -0.197. The molecule has 0 spiro atoms. The Hall–Kier alpha value is -0.0900. The Morgan fingerprint density at radius 3 is 1.50 bits per heavy atom. The lowest BCUT2D eigenvalue weighted by molar-refractivity contribution is 0.483. The molecule has 18 heavy (non-hydrogen) atoms. The van der Waals surface area contributed by atoms with Gasteiger partial charge in [-0.25, -0.2) is 0 Å². The van der Waals surface area contributed by atoms with Crippen molar-refractivity contribution < 1.29 is 0 Å². The van der Waals surface area contributed by atoms with Crippen LogP contribution in [0.3, 0.4) is 0 Å². The summed E-state index contributed by atoms with van der Waals surface area (Å²) in [7, 11) is -0.197. The lowest BCUT2D eigenvalue weighted by Crippen LogP contribution is -2.24. The first-order valence-electron chi connectivity index (χ1n) is 8.17. The van der Waals surface area contributed by atoms with Gasteiger partial charge in [0.05, 0.1) is 11.3 Å². The summed E-state index contributed by atoms with van der Waals surface area (Å²) in [5.41, 5.74) is 3.13. The molecule has 0 aromatic rings. The molecule has 0 heterocycles. The van der Waals surface area contributed by atoms with E-state index in [-0.39, 0.29) is 7.92 Å². The monoisotopic (exact) mass is 263 g/mol. The van der Waals surface area contributed by atoms with Crippen molar-refractivity contribution in [2.75, 3.05) is 0 Å². The van der Waals surface area contributed by atoms with E-state index in [1.807, 2.05) is 0 Å². The standard InChI is InChI=1S/C17H27P/c1-3-9-15(10-4-1)18(17-13-7-8-14-17)16-11-5-2-6-12-16/h7-8,13-17H,1-6,9-12H2/p+1. The van der Waals surface area contributed by atoms with Gasteiger partial charge in [-0.15, -0.1) is 0 Å². The van der Waals surface area contributed by atoms with Crippen molar-refractivity contribution in [2.24, 2.45) is 0 Å². The van der Waals surface area contributed by atoms with Gasteiger partial charge in [-0.3, -0.25) is 0 Å². The number of allylic oxidation sites excluding steroid dienone is 4. The van der Waals surface area contributed by atoms with Crippen LogP contribution in [0.4, 0.5) is 0 Å². The highest BCUT2D eigenvalue weighted by molar-refractivity contribution is 7.60. The van der Waals surface area contributed by atoms with E-state index >= 15 is 0 Å². The normalized spacial score (nSPS) is 27.4. The van der Waals surface area contributed by atoms with E-state index in [9.17, 15) is 0 Å². The third-order valence-corrected chi connectivity index (χ3v) is 9.48. The molecule has 0 amide bonds. The van der Waals surface area contributed by atoms with Gasteiger partial charge in [-0.1, -0.05) is 25.0 Å². The fourth-order valence-electron chi connectivity index (χ4n) is 4.40. The van der Waals surface area contributed by atoms with Gasteiger partial charge in [-0.05, 0) is 63.5 Å². The topological polar surface area (TPSA) is 0 Å². The summed E-state index contributed by atoms with van der Waals surface area (Å²) in [5.74, 6) is 0. The smallest absolute Gasteiger partial charge is 0.0622 e. The van der Waals surface area contributed by atoms with Gasteiger partial charge < -0.3 is 0 Å². The van der Waals surface area contributed by atoms with Gasteiger partial charge in [0.25, 0.3) is 0 Å². The number of hydrogen-bond donors (Lipinski definition) is 0. The average molecular weight is 263 g/mol. The van der Waals surface area contributed by atoms with Crippen LogP contribution in [0.25, 0.3) is 0 Å². The third kappa shape index (κ3) is 2.90. The Labute approximate surface area is 114 Å². The van der Waals surface area contributed by atoms with Crippen molar-refractivity contribution in [3.63, 3.8) is 0 Å². The Balaban J connectivity index is 1.73. The molecule has 0 atom stereocenters. The Morgan fingerprint density at radius 2 is 1.06 bits per heavy atom. The summed E-state index contributed by atoms with van der Waals surface area (Å²) >= 11 is 0. The van der Waals surface area contributed by atoms with Crippen LogP contribution in [0.2, 0.25) is 0 Å². The van der Waals surface area contributed by atoms with Crippen LogP contribution >= 0.6 is 7.92 Å². The maximum atomic E-state index is 2.53. The largest absolute Gasteiger partial charge is 0.104 e. The van der Waals surface area contributed by atoms with Gasteiger partial charge in [0.2, 0.25) is 0 Å². The summed E-state index contributed by atoms with van der Waals surface area (Å²) in [6.07, 6.45) is 25.0. The summed E-state index contributed by atoms with van der Waals surface area (Å²) in [6, 6.07) is 0. The minimum absolute atomic E-state index is 0.197. The maximum Gasteiger partial charge on any atom is 0.104 e. The molecule has 3 rings (SSSR count). The van der Waals surface area contributed by atoms with Gasteiger partial charge in [0.1, 0.15) is 5.66 Å². The predicted molar refractivity (Wildman–Crippen MR) is 84.1 cm³/mol. The first-order chi connectivity index (χ1) is 8.95. The van der Waals surface area contributed by atoms with Crippen molar-refractivity contribution in [2.45, 2.75) is 81.2 Å². The molecule has 0 N–H and O–H groups in total. The molecular formula is C17H28P+. The number of hydrogen-bond acceptors (Lipinski definition) is 0. The van der Waals surface area contributed by atoms with Gasteiger partial charge in [-0.2, -0.15) is 0 Å². The van der Waals surface area contributed by atoms with Crippen LogP contribution in [-0.4, -0.2) is 17.0 Å². The van der Waals surface area contributed by atoms with Crippen LogP contribution in [-0.2, 0) is 0 Å². The highest BCUT2D eigenvalue weighted by Gasteiger charge is 2.41. The predicted octanol–water partition coefficient (Wildman–Crippen LogP) is 5.36. The lowest BCUT2D eigenvalue weighted by Gasteiger charge is -2.34. The summed E-state index contributed by atoms with van der Waals surface area (Å²) in [5, 5.41) is 0. The first kappa shape index (κ1) is 12.9. The molecule has 0 nitrogen and oxygen atoms in total. The van der Waals surface area contributed by atoms with E-state index in [4.69, 9.17) is 0 Å². The van der Waals surface area contributed by atoms with E-state index < -0.39 is 0 Å². The Morgan fingerprint density at radius 1 is 0.611 bits per heavy atom. The van der Waals surface area contributed by atoms with Crippen molar-refractivity contribution in [1.29, 1.82) is 0 Å². The molecular weight excluding hydrogens is 235 g/mol. The molecule has 0 radical (unpaired) electrons. The molecule has 0 saturated heterocycles. The fourth-order valence-corrected chi connectivity index (χ4v) is 8.98. The lowest BCUT2D eigenvalue weighted by atomic mass is 9.99. The molecule has 1 heteroatoms. The second-order valence-corrected chi connectivity index (χ2v) is 9.77. The van der Waals surface area contributed by atoms with Crippen LogP contribution in [0.5, 0.6) is 0 Å². The van der Waals surface area contributed by atoms with Crippen molar-refractivity contribution in [1.82, 2.24) is 0 Å².